The van der Waals surface area contributed by atoms with Crippen LogP contribution in [0.1, 0.15) is 47.5 Å². The van der Waals surface area contributed by atoms with Crippen LogP contribution in [0.5, 0.6) is 0 Å². The number of hydrogen-bond acceptors (Lipinski definition) is 8. The van der Waals surface area contributed by atoms with Gasteiger partial charge in [0.25, 0.3) is 0 Å². The van der Waals surface area contributed by atoms with E-state index in [4.69, 9.17) is 0 Å². The monoisotopic (exact) mass is 427 g/mol. The normalized spacial score (nSPS) is 17.6. The van der Waals surface area contributed by atoms with Crippen molar-refractivity contribution in [1.82, 2.24) is 15.3 Å². The molecule has 1 aliphatic rings. The van der Waals surface area contributed by atoms with Crippen LogP contribution >= 0.6 is 0 Å². The fraction of sp³-hybridized carbons (Fsp3) is 0.476. The highest BCUT2D eigenvalue weighted by Gasteiger charge is 2.38. The first-order valence-corrected chi connectivity index (χ1v) is 10.1. The summed E-state index contributed by atoms with van der Waals surface area (Å²) in [5.41, 5.74) is 0.804. The molecule has 0 radical (unpaired) electrons. The van der Waals surface area contributed by atoms with Crippen LogP contribution in [0.25, 0.3) is 0 Å². The fourth-order valence-corrected chi connectivity index (χ4v) is 4.34. The van der Waals surface area contributed by atoms with Gasteiger partial charge < -0.3 is 21.3 Å². The molecule has 0 spiro atoms. The minimum absolute atomic E-state index is 0.0182. The number of carbonyl (C=O) groups excluding carboxylic acids is 1. The lowest BCUT2D eigenvalue weighted by molar-refractivity contribution is -0.383. The highest BCUT2D eigenvalue weighted by Crippen LogP contribution is 2.35. The van der Waals surface area contributed by atoms with Gasteiger partial charge in [0, 0.05) is 35.4 Å². The van der Waals surface area contributed by atoms with Crippen molar-refractivity contribution in [3.8, 4) is 0 Å². The van der Waals surface area contributed by atoms with Crippen LogP contribution in [0.2, 0.25) is 0 Å². The number of benzene rings is 1. The van der Waals surface area contributed by atoms with Crippen molar-refractivity contribution in [2.24, 2.45) is 0 Å². The maximum Gasteiger partial charge on any atom is 0.353 e. The number of aromatic nitrogens is 2. The number of amides is 1. The Bertz CT molecular complexity index is 957. The quantitative estimate of drug-likeness (QED) is 0.404. The maximum absolute atomic E-state index is 11.9. The van der Waals surface area contributed by atoms with E-state index < -0.39 is 4.92 Å². The van der Waals surface area contributed by atoms with Gasteiger partial charge in [-0.1, -0.05) is 0 Å². The Hall–Kier alpha value is -3.27. The molecule has 0 atom stereocenters. The average Bonchev–Trinajstić information content (AvgIpc) is 2.60. The Morgan fingerprint density at radius 2 is 1.61 bits per heavy atom. The summed E-state index contributed by atoms with van der Waals surface area (Å²) >= 11 is 0. The number of piperidine rings is 1. The average molecular weight is 428 g/mol. The first-order valence-electron chi connectivity index (χ1n) is 10.1. The molecule has 1 saturated heterocycles. The molecule has 2 heterocycles. The van der Waals surface area contributed by atoms with Crippen molar-refractivity contribution >= 4 is 34.6 Å². The van der Waals surface area contributed by atoms with Crippen LogP contribution in [0.15, 0.2) is 30.6 Å². The zero-order valence-corrected chi connectivity index (χ0v) is 18.4. The molecule has 1 aromatic carbocycles. The molecule has 3 rings (SSSR count). The first-order chi connectivity index (χ1) is 14.4. The highest BCUT2D eigenvalue weighted by molar-refractivity contribution is 5.89. The van der Waals surface area contributed by atoms with Gasteiger partial charge in [0.05, 0.1) is 4.92 Å². The van der Waals surface area contributed by atoms with E-state index in [1.54, 1.807) is 24.3 Å². The number of nitrogens with one attached hydrogen (secondary N) is 4. The second-order valence-electron chi connectivity index (χ2n) is 9.20. The van der Waals surface area contributed by atoms with Crippen LogP contribution in [-0.4, -0.2) is 37.9 Å². The predicted octanol–water partition coefficient (Wildman–Crippen LogP) is 3.81. The third-order valence-electron chi connectivity index (χ3n) is 5.00. The van der Waals surface area contributed by atoms with Gasteiger partial charge >= 0.3 is 5.69 Å². The van der Waals surface area contributed by atoms with Gasteiger partial charge in [0.15, 0.2) is 0 Å². The summed E-state index contributed by atoms with van der Waals surface area (Å²) < 4.78 is 0. The predicted molar refractivity (Wildman–Crippen MR) is 121 cm³/mol. The van der Waals surface area contributed by atoms with Crippen molar-refractivity contribution in [3.63, 3.8) is 0 Å². The molecule has 1 amide bonds. The zero-order chi connectivity index (χ0) is 22.8. The number of rotatable bonds is 6. The molecule has 2 aromatic rings. The molecule has 1 aromatic heterocycles. The molecule has 0 bridgehead atoms. The van der Waals surface area contributed by atoms with E-state index in [9.17, 15) is 14.9 Å². The number of carbonyl (C=O) groups is 1. The Morgan fingerprint density at radius 3 is 2.16 bits per heavy atom. The van der Waals surface area contributed by atoms with E-state index in [-0.39, 0.29) is 40.3 Å². The van der Waals surface area contributed by atoms with E-state index in [2.05, 4.69) is 58.9 Å². The van der Waals surface area contributed by atoms with E-state index in [1.165, 1.54) is 13.3 Å². The highest BCUT2D eigenvalue weighted by atomic mass is 16.6. The topological polar surface area (TPSA) is 134 Å². The van der Waals surface area contributed by atoms with Gasteiger partial charge in [-0.2, -0.15) is 0 Å². The Balaban J connectivity index is 1.84. The summed E-state index contributed by atoms with van der Waals surface area (Å²) in [5, 5.41) is 24.4. The molecule has 1 aliphatic heterocycles. The van der Waals surface area contributed by atoms with Crippen molar-refractivity contribution in [1.29, 1.82) is 0 Å². The first kappa shape index (κ1) is 22.4. The fourth-order valence-electron chi connectivity index (χ4n) is 4.34. The van der Waals surface area contributed by atoms with Crippen LogP contribution in [0.4, 0.5) is 28.7 Å². The van der Waals surface area contributed by atoms with E-state index in [1.807, 2.05) is 0 Å². The Morgan fingerprint density at radius 1 is 1.06 bits per heavy atom. The third-order valence-corrected chi connectivity index (χ3v) is 5.00. The number of nitrogens with zero attached hydrogens (tertiary/aromatic N) is 3. The molecular formula is C21H29N7O3. The standard InChI is InChI=1S/C21H29N7O3/c1-13(29)24-14-6-8-15(9-7-14)25-18-17(28(30)31)19(23-12-22-18)26-16-10-20(2,3)27-21(4,5)11-16/h6-9,12,16,27H,10-11H2,1-5H3,(H,24,29)(H2,22,23,25,26). The van der Waals surface area contributed by atoms with Crippen molar-refractivity contribution < 1.29 is 9.72 Å². The SMILES string of the molecule is CC(=O)Nc1ccc(Nc2ncnc(NC3CC(C)(C)NC(C)(C)C3)c2[N+](=O)[O-])cc1. The van der Waals surface area contributed by atoms with Crippen LogP contribution < -0.4 is 21.3 Å². The molecule has 166 valence electrons. The number of hydrogen-bond donors (Lipinski definition) is 4. The lowest BCUT2D eigenvalue weighted by Crippen LogP contribution is -2.60. The molecule has 1 fully saturated rings. The van der Waals surface area contributed by atoms with Crippen LogP contribution in [-0.2, 0) is 4.79 Å². The maximum atomic E-state index is 11.9. The number of anilines is 4. The van der Waals surface area contributed by atoms with E-state index >= 15 is 0 Å². The minimum atomic E-state index is -0.478. The van der Waals surface area contributed by atoms with Crippen LogP contribution in [0.3, 0.4) is 0 Å². The van der Waals surface area contributed by atoms with Gasteiger partial charge in [-0.3, -0.25) is 14.9 Å². The van der Waals surface area contributed by atoms with Gasteiger partial charge in [-0.05, 0) is 64.8 Å². The van der Waals surface area contributed by atoms with Gasteiger partial charge in [0.2, 0.25) is 17.5 Å². The zero-order valence-electron chi connectivity index (χ0n) is 18.4. The lowest BCUT2D eigenvalue weighted by Gasteiger charge is -2.46. The second-order valence-corrected chi connectivity index (χ2v) is 9.20. The van der Waals surface area contributed by atoms with Crippen LogP contribution in [0, 0.1) is 10.1 Å². The molecular weight excluding hydrogens is 398 g/mol. The molecule has 4 N–H and O–H groups in total. The summed E-state index contributed by atoms with van der Waals surface area (Å²) in [6.07, 6.45) is 2.90. The van der Waals surface area contributed by atoms with Gasteiger partial charge in [-0.25, -0.2) is 9.97 Å². The van der Waals surface area contributed by atoms with Crippen molar-refractivity contribution in [2.45, 2.75) is 64.6 Å². The summed E-state index contributed by atoms with van der Waals surface area (Å²) in [5.74, 6) is 0.116. The molecule has 10 nitrogen and oxygen atoms in total. The molecule has 0 unspecified atom stereocenters. The summed E-state index contributed by atoms with van der Waals surface area (Å²) in [6, 6.07) is 6.85. The largest absolute Gasteiger partial charge is 0.361 e. The molecule has 0 aliphatic carbocycles. The number of nitro groups is 1. The van der Waals surface area contributed by atoms with Gasteiger partial charge in [-0.15, -0.1) is 0 Å². The molecule has 31 heavy (non-hydrogen) atoms. The van der Waals surface area contributed by atoms with E-state index in [0.29, 0.717) is 11.4 Å². The lowest BCUT2D eigenvalue weighted by atomic mass is 9.79. The Kier molecular flexibility index (Phi) is 6.12. The van der Waals surface area contributed by atoms with Gasteiger partial charge in [0.1, 0.15) is 6.33 Å². The van der Waals surface area contributed by atoms with E-state index in [0.717, 1.165) is 12.8 Å². The second kappa shape index (κ2) is 8.46. The van der Waals surface area contributed by atoms with Crippen molar-refractivity contribution in [3.05, 3.63) is 40.7 Å². The summed E-state index contributed by atoms with van der Waals surface area (Å²) in [4.78, 5) is 30.8. The van der Waals surface area contributed by atoms with Crippen molar-refractivity contribution in [2.75, 3.05) is 16.0 Å². The summed E-state index contributed by atoms with van der Waals surface area (Å²) in [7, 11) is 0. The smallest absolute Gasteiger partial charge is 0.353 e. The molecule has 0 saturated carbocycles. The minimum Gasteiger partial charge on any atom is -0.361 e. The summed E-state index contributed by atoms with van der Waals surface area (Å²) in [6.45, 7) is 9.90. The third kappa shape index (κ3) is 5.88. The molecule has 10 heteroatoms. The Labute approximate surface area is 181 Å².